The average Bonchev–Trinajstić information content (AvgIpc) is 2.92. The van der Waals surface area contributed by atoms with Gasteiger partial charge in [0.1, 0.15) is 11.6 Å². The molecule has 0 unspecified atom stereocenters. The van der Waals surface area contributed by atoms with E-state index >= 15 is 0 Å². The van der Waals surface area contributed by atoms with Crippen LogP contribution in [0.1, 0.15) is 31.2 Å². The standard InChI is InChI=1S/C28H26BrFN4O4/c1-3-4-5-26-33-23-12-7-19(29)15-22(23)28(36)34(26)31-16-18-6-13-24(25(14-18)37-2)38-17-27(35)32-21-10-8-20(30)9-11-21/h6-16H,3-5,17H2,1-2H3,(H,32,35). The molecular formula is C28H26BrFN4O4. The molecule has 0 saturated carbocycles. The van der Waals surface area contributed by atoms with Gasteiger partial charge in [0.05, 0.1) is 24.2 Å². The van der Waals surface area contributed by atoms with E-state index < -0.39 is 5.91 Å². The number of nitrogens with zero attached hydrogens (tertiary/aromatic N) is 3. The van der Waals surface area contributed by atoms with Crippen LogP contribution in [0.3, 0.4) is 0 Å². The Hall–Kier alpha value is -4.05. The number of unbranched alkanes of at least 4 members (excludes halogenated alkanes) is 1. The lowest BCUT2D eigenvalue weighted by Crippen LogP contribution is -2.22. The van der Waals surface area contributed by atoms with Gasteiger partial charge in [0.25, 0.3) is 11.5 Å². The van der Waals surface area contributed by atoms with Gasteiger partial charge in [-0.25, -0.2) is 9.37 Å². The molecule has 0 saturated heterocycles. The largest absolute Gasteiger partial charge is 0.493 e. The Bertz CT molecular complexity index is 1540. The van der Waals surface area contributed by atoms with Crippen molar-refractivity contribution >= 4 is 44.6 Å². The highest BCUT2D eigenvalue weighted by atomic mass is 79.9. The minimum absolute atomic E-state index is 0.252. The molecule has 0 aliphatic carbocycles. The SMILES string of the molecule is CCCCc1nc2ccc(Br)cc2c(=O)n1N=Cc1ccc(OCC(=O)Nc2ccc(F)cc2)c(OC)c1. The number of aromatic nitrogens is 2. The van der Waals surface area contributed by atoms with Crippen LogP contribution >= 0.6 is 15.9 Å². The van der Waals surface area contributed by atoms with E-state index in [1.165, 1.54) is 36.1 Å². The van der Waals surface area contributed by atoms with Crippen molar-refractivity contribution < 1.29 is 18.7 Å². The second kappa shape index (κ2) is 12.5. The molecule has 0 atom stereocenters. The van der Waals surface area contributed by atoms with Gasteiger partial charge in [-0.1, -0.05) is 29.3 Å². The van der Waals surface area contributed by atoms with Crippen molar-refractivity contribution in [2.45, 2.75) is 26.2 Å². The van der Waals surface area contributed by atoms with Gasteiger partial charge in [0.15, 0.2) is 18.1 Å². The zero-order valence-electron chi connectivity index (χ0n) is 20.9. The molecule has 0 radical (unpaired) electrons. The number of anilines is 1. The number of amides is 1. The lowest BCUT2D eigenvalue weighted by atomic mass is 10.2. The van der Waals surface area contributed by atoms with Gasteiger partial charge >= 0.3 is 0 Å². The zero-order chi connectivity index (χ0) is 27.1. The summed E-state index contributed by atoms with van der Waals surface area (Å²) in [5.41, 5.74) is 1.50. The summed E-state index contributed by atoms with van der Waals surface area (Å²) in [6.07, 6.45) is 4.00. The van der Waals surface area contributed by atoms with E-state index in [0.717, 1.165) is 17.3 Å². The highest BCUT2D eigenvalue weighted by Crippen LogP contribution is 2.27. The van der Waals surface area contributed by atoms with Gasteiger partial charge < -0.3 is 14.8 Å². The number of carbonyl (C=O) groups excluding carboxylic acids is 1. The molecule has 1 aromatic heterocycles. The quantitative estimate of drug-likeness (QED) is 0.248. The van der Waals surface area contributed by atoms with Crippen molar-refractivity contribution in [1.29, 1.82) is 0 Å². The zero-order valence-corrected chi connectivity index (χ0v) is 22.5. The normalized spacial score (nSPS) is 11.2. The first-order valence-corrected chi connectivity index (χ1v) is 12.8. The van der Waals surface area contributed by atoms with Crippen LogP contribution in [0.2, 0.25) is 0 Å². The minimum Gasteiger partial charge on any atom is -0.493 e. The van der Waals surface area contributed by atoms with Crippen LogP contribution in [-0.2, 0) is 11.2 Å². The predicted molar refractivity (Wildman–Crippen MR) is 149 cm³/mol. The van der Waals surface area contributed by atoms with Crippen LogP contribution in [0.15, 0.2) is 75.0 Å². The van der Waals surface area contributed by atoms with Crippen LogP contribution in [-0.4, -0.2) is 35.5 Å². The van der Waals surface area contributed by atoms with Crippen molar-refractivity contribution in [2.24, 2.45) is 5.10 Å². The second-order valence-electron chi connectivity index (χ2n) is 8.41. The average molecular weight is 581 g/mol. The van der Waals surface area contributed by atoms with Crippen molar-refractivity contribution in [2.75, 3.05) is 19.0 Å². The van der Waals surface area contributed by atoms with Crippen LogP contribution in [0.25, 0.3) is 10.9 Å². The summed E-state index contributed by atoms with van der Waals surface area (Å²) in [6, 6.07) is 15.9. The monoisotopic (exact) mass is 580 g/mol. The molecule has 1 amide bonds. The van der Waals surface area contributed by atoms with E-state index in [0.29, 0.717) is 45.9 Å². The smallest absolute Gasteiger partial charge is 0.282 e. The Morgan fingerprint density at radius 3 is 2.66 bits per heavy atom. The Morgan fingerprint density at radius 2 is 1.92 bits per heavy atom. The number of benzene rings is 3. The summed E-state index contributed by atoms with van der Waals surface area (Å²) in [5, 5.41) is 7.56. The third kappa shape index (κ3) is 6.63. The fourth-order valence-electron chi connectivity index (χ4n) is 3.69. The molecule has 0 fully saturated rings. The minimum atomic E-state index is -0.404. The van der Waals surface area contributed by atoms with Gasteiger partial charge in [0.2, 0.25) is 0 Å². The molecule has 4 aromatic rings. The van der Waals surface area contributed by atoms with Gasteiger partial charge in [-0.3, -0.25) is 9.59 Å². The lowest BCUT2D eigenvalue weighted by molar-refractivity contribution is -0.118. The number of rotatable bonds is 10. The molecule has 0 aliphatic heterocycles. The Labute approximate surface area is 227 Å². The van der Waals surface area contributed by atoms with Gasteiger partial charge in [-0.15, -0.1) is 0 Å². The number of ether oxygens (including phenoxy) is 2. The Balaban J connectivity index is 1.53. The molecule has 8 nitrogen and oxygen atoms in total. The van der Waals surface area contributed by atoms with Crippen LogP contribution in [0.4, 0.5) is 10.1 Å². The summed E-state index contributed by atoms with van der Waals surface area (Å²) >= 11 is 3.41. The molecule has 0 bridgehead atoms. The highest BCUT2D eigenvalue weighted by molar-refractivity contribution is 9.10. The Morgan fingerprint density at radius 1 is 1.13 bits per heavy atom. The maximum atomic E-state index is 13.2. The molecule has 0 aliphatic rings. The van der Waals surface area contributed by atoms with E-state index in [1.54, 1.807) is 30.5 Å². The number of halogens is 2. The van der Waals surface area contributed by atoms with Crippen molar-refractivity contribution in [3.8, 4) is 11.5 Å². The van der Waals surface area contributed by atoms with Crippen LogP contribution < -0.4 is 20.3 Å². The first-order valence-electron chi connectivity index (χ1n) is 12.0. The first kappa shape index (κ1) is 27.0. The molecule has 4 rings (SSSR count). The Kier molecular flexibility index (Phi) is 8.85. The summed E-state index contributed by atoms with van der Waals surface area (Å²) in [4.78, 5) is 30.1. The number of hydrogen-bond acceptors (Lipinski definition) is 6. The van der Waals surface area contributed by atoms with E-state index in [4.69, 9.17) is 9.47 Å². The molecule has 38 heavy (non-hydrogen) atoms. The second-order valence-corrected chi connectivity index (χ2v) is 9.32. The van der Waals surface area contributed by atoms with Crippen LogP contribution in [0.5, 0.6) is 11.5 Å². The van der Waals surface area contributed by atoms with Gasteiger partial charge in [-0.05, 0) is 72.6 Å². The fraction of sp³-hybridized carbons (Fsp3) is 0.214. The number of nitrogens with one attached hydrogen (secondary N) is 1. The molecular weight excluding hydrogens is 555 g/mol. The topological polar surface area (TPSA) is 94.8 Å². The van der Waals surface area contributed by atoms with E-state index in [2.05, 4.69) is 38.3 Å². The lowest BCUT2D eigenvalue weighted by Gasteiger charge is -2.12. The van der Waals surface area contributed by atoms with Crippen molar-refractivity contribution in [1.82, 2.24) is 9.66 Å². The van der Waals surface area contributed by atoms with Crippen molar-refractivity contribution in [3.05, 3.63) is 92.7 Å². The molecule has 10 heteroatoms. The number of aryl methyl sites for hydroxylation is 1. The fourth-order valence-corrected chi connectivity index (χ4v) is 4.05. The van der Waals surface area contributed by atoms with Crippen LogP contribution in [0, 0.1) is 5.82 Å². The first-order chi connectivity index (χ1) is 18.4. The third-order valence-electron chi connectivity index (χ3n) is 5.63. The summed E-state index contributed by atoms with van der Waals surface area (Å²) in [7, 11) is 1.49. The van der Waals surface area contributed by atoms with Gasteiger partial charge in [0, 0.05) is 16.6 Å². The van der Waals surface area contributed by atoms with E-state index in [-0.39, 0.29) is 18.0 Å². The van der Waals surface area contributed by atoms with Gasteiger partial charge in [-0.2, -0.15) is 9.78 Å². The van der Waals surface area contributed by atoms with E-state index in [1.807, 2.05) is 12.1 Å². The molecule has 1 N–H and O–H groups in total. The summed E-state index contributed by atoms with van der Waals surface area (Å²) < 4.78 is 26.2. The summed E-state index contributed by atoms with van der Waals surface area (Å²) in [5.74, 6) is 0.542. The number of methoxy groups -OCH3 is 1. The third-order valence-corrected chi connectivity index (χ3v) is 6.12. The molecule has 196 valence electrons. The number of carbonyl (C=O) groups is 1. The molecule has 3 aromatic carbocycles. The summed E-state index contributed by atoms with van der Waals surface area (Å²) in [6.45, 7) is 1.81. The maximum Gasteiger partial charge on any atom is 0.282 e. The predicted octanol–water partition coefficient (Wildman–Crippen LogP) is 5.55. The maximum absolute atomic E-state index is 13.2. The molecule has 0 spiro atoms. The number of hydrogen-bond donors (Lipinski definition) is 1. The number of fused-ring (bicyclic) bond motifs is 1. The van der Waals surface area contributed by atoms with Crippen molar-refractivity contribution in [3.63, 3.8) is 0 Å². The highest BCUT2D eigenvalue weighted by Gasteiger charge is 2.12. The molecule has 1 heterocycles. The van der Waals surface area contributed by atoms with E-state index in [9.17, 15) is 14.0 Å².